The second-order valence-corrected chi connectivity index (χ2v) is 10.9. The van der Waals surface area contributed by atoms with Crippen LogP contribution < -0.4 is 21.9 Å². The van der Waals surface area contributed by atoms with Gasteiger partial charge in [-0.3, -0.25) is 5.84 Å². The summed E-state index contributed by atoms with van der Waals surface area (Å²) in [6.07, 6.45) is 0. The Hall–Kier alpha value is -1.58. The van der Waals surface area contributed by atoms with Crippen molar-refractivity contribution in [2.45, 2.75) is 0 Å². The smallest absolute Gasteiger partial charge is 0.0847 e. The predicted molar refractivity (Wildman–Crippen MR) is 107 cm³/mol. The van der Waals surface area contributed by atoms with Gasteiger partial charge in [-0.1, -0.05) is 78.9 Å². The third-order valence-corrected chi connectivity index (χ3v) is 7.66. The first-order valence-electron chi connectivity index (χ1n) is 7.15. The van der Waals surface area contributed by atoms with Crippen LogP contribution in [0.4, 0.5) is 5.69 Å². The van der Waals surface area contributed by atoms with Gasteiger partial charge in [-0.25, -0.2) is 5.43 Å². The summed E-state index contributed by atoms with van der Waals surface area (Å²) in [6, 6.07) is 29.9. The number of benzene rings is 3. The second-order valence-electron chi connectivity index (χ2n) is 4.77. The number of rotatable bonds is 3. The van der Waals surface area contributed by atoms with Crippen molar-refractivity contribution in [3.05, 3.63) is 91.0 Å². The lowest BCUT2D eigenvalue weighted by molar-refractivity contribution is -0.325. The van der Waals surface area contributed by atoms with Gasteiger partial charge in [0.05, 0.1) is 5.69 Å². The van der Waals surface area contributed by atoms with Crippen LogP contribution in [0.3, 0.4) is 0 Å². The van der Waals surface area contributed by atoms with E-state index in [-0.39, 0.29) is 0 Å². The molecule has 3 rings (SSSR count). The molecule has 0 spiro atoms. The van der Waals surface area contributed by atoms with Crippen LogP contribution in [0.25, 0.3) is 0 Å². The van der Waals surface area contributed by atoms with Crippen LogP contribution in [0, 0.1) is 0 Å². The van der Waals surface area contributed by atoms with E-state index in [0.29, 0.717) is 0 Å². The van der Waals surface area contributed by atoms with E-state index in [1.165, 1.54) is 0 Å². The molecule has 0 fully saturated rings. The first kappa shape index (κ1) is 17.8. The van der Waals surface area contributed by atoms with Crippen molar-refractivity contribution in [3.63, 3.8) is 0 Å². The van der Waals surface area contributed by atoms with Crippen molar-refractivity contribution >= 4 is 45.6 Å². The number of nitrogens with one attached hydrogen (secondary N) is 1. The van der Waals surface area contributed by atoms with Crippen LogP contribution in [-0.2, 0) is 24.1 Å². The lowest BCUT2D eigenvalue weighted by Gasteiger charge is -2.29. The lowest BCUT2D eigenvalue weighted by Crippen LogP contribution is -2.56. The zero-order valence-electron chi connectivity index (χ0n) is 12.6. The Balaban J connectivity index is 0.000000203. The quantitative estimate of drug-likeness (QED) is 0.430. The lowest BCUT2D eigenvalue weighted by atomic mass is 10.3. The summed E-state index contributed by atoms with van der Waals surface area (Å²) in [4.78, 5) is 0. The summed E-state index contributed by atoms with van der Waals surface area (Å²) >= 11 is 11.2. The highest BCUT2D eigenvalue weighted by molar-refractivity contribution is 8.60. The van der Waals surface area contributed by atoms with E-state index < -0.39 is 5.24 Å². The van der Waals surface area contributed by atoms with Gasteiger partial charge >= 0.3 is 0 Å². The zero-order chi connectivity index (χ0) is 16.5. The summed E-state index contributed by atoms with van der Waals surface area (Å²) in [6.45, 7) is 0. The molecule has 23 heavy (non-hydrogen) atoms. The van der Waals surface area contributed by atoms with Crippen molar-refractivity contribution in [2.24, 2.45) is 0 Å². The molecule has 0 aliphatic carbocycles. The molecule has 5 heteroatoms. The largest absolute Gasteiger partial charge is 0.738 e. The highest BCUT2D eigenvalue weighted by Gasteiger charge is 2.05. The van der Waals surface area contributed by atoms with Crippen molar-refractivity contribution in [1.29, 1.82) is 0 Å². The van der Waals surface area contributed by atoms with Gasteiger partial charge in [0, 0.05) is 0 Å². The Kier molecular flexibility index (Phi) is 6.87. The second kappa shape index (κ2) is 8.90. The van der Waals surface area contributed by atoms with Crippen molar-refractivity contribution in [2.75, 3.05) is 5.43 Å². The molecule has 118 valence electrons. The fourth-order valence-electron chi connectivity index (χ4n) is 1.95. The molecule has 0 bridgehead atoms. The van der Waals surface area contributed by atoms with Crippen LogP contribution in [0.2, 0.25) is 0 Å². The molecule has 0 radical (unpaired) electrons. The Morgan fingerprint density at radius 2 is 1.04 bits per heavy atom. The van der Waals surface area contributed by atoms with E-state index in [4.69, 9.17) is 24.1 Å². The fraction of sp³-hybridized carbons (Fsp3) is 0. The number of hydrogen-bond acceptors (Lipinski definition) is 3. The summed E-state index contributed by atoms with van der Waals surface area (Å²) in [7, 11) is 0. The van der Waals surface area contributed by atoms with E-state index in [9.17, 15) is 0 Å². The first-order valence-corrected chi connectivity index (χ1v) is 11.0. The van der Waals surface area contributed by atoms with E-state index in [2.05, 4.69) is 11.3 Å². The molecule has 0 heterocycles. The number of para-hydroxylation sites is 1. The third-order valence-electron chi connectivity index (χ3n) is 3.17. The summed E-state index contributed by atoms with van der Waals surface area (Å²) < 4.78 is 0. The Morgan fingerprint density at radius 3 is 1.35 bits per heavy atom. The van der Waals surface area contributed by atoms with E-state index in [0.717, 1.165) is 16.3 Å². The minimum atomic E-state index is -1.98. The highest BCUT2D eigenvalue weighted by atomic mass is 32.9. The highest BCUT2D eigenvalue weighted by Crippen LogP contribution is 2.40. The molecule has 3 aromatic carbocycles. The van der Waals surface area contributed by atoms with Crippen LogP contribution in [0.5, 0.6) is 0 Å². The molecule has 0 saturated carbocycles. The maximum Gasteiger partial charge on any atom is 0.0847 e. The minimum absolute atomic E-state index is 1.05. The van der Waals surface area contributed by atoms with E-state index in [1.807, 2.05) is 91.0 Å². The van der Waals surface area contributed by atoms with E-state index >= 15 is 0 Å². The Labute approximate surface area is 147 Å². The molecule has 4 N–H and O–H groups in total. The van der Waals surface area contributed by atoms with Crippen molar-refractivity contribution in [1.82, 2.24) is 0 Å². The Morgan fingerprint density at radius 1 is 0.696 bits per heavy atom. The maximum atomic E-state index is 5.60. The molecule has 0 amide bonds. The summed E-state index contributed by atoms with van der Waals surface area (Å²) in [5.41, 5.74) is 3.83. The Bertz CT molecular complexity index is 706. The number of quaternary nitrogens is 1. The summed E-state index contributed by atoms with van der Waals surface area (Å²) in [5.74, 6) is 3.51. The van der Waals surface area contributed by atoms with Gasteiger partial charge in [0.15, 0.2) is 0 Å². The standard InChI is InChI=1S/C12H11PS2.C6H8N2/c14-13(15,11-7-3-1-4-8-11)12-9-5-2-6-10-12;7-8-6-4-2-1-3-5-6/h1-10H,(H,14,15);1-5,8H,7H2. The van der Waals surface area contributed by atoms with Gasteiger partial charge in [-0.15, -0.1) is 17.0 Å². The molecule has 0 saturated heterocycles. The van der Waals surface area contributed by atoms with Gasteiger partial charge in [0.25, 0.3) is 0 Å². The predicted octanol–water partition coefficient (Wildman–Crippen LogP) is 2.83. The van der Waals surface area contributed by atoms with E-state index in [1.54, 1.807) is 0 Å². The van der Waals surface area contributed by atoms with Crippen molar-refractivity contribution < 1.29 is 5.84 Å². The van der Waals surface area contributed by atoms with Gasteiger partial charge in [-0.2, -0.15) is 0 Å². The van der Waals surface area contributed by atoms with Crippen LogP contribution in [-0.4, -0.2) is 0 Å². The normalized spacial score (nSPS) is 10.3. The molecule has 0 unspecified atom stereocenters. The average Bonchev–Trinajstić information content (AvgIpc) is 2.64. The monoisotopic (exact) mass is 358 g/mol. The minimum Gasteiger partial charge on any atom is -0.738 e. The third kappa shape index (κ3) is 5.22. The molecule has 3 aromatic rings. The molecular formula is C18H19N2PS2. The fourth-order valence-corrected chi connectivity index (χ4v) is 4.84. The topological polar surface area (TPSA) is 39.7 Å². The number of hydrogen-bond donors (Lipinski definition) is 2. The van der Waals surface area contributed by atoms with Gasteiger partial charge in [0.1, 0.15) is 0 Å². The van der Waals surface area contributed by atoms with Crippen LogP contribution >= 0.6 is 5.24 Å². The number of anilines is 1. The van der Waals surface area contributed by atoms with Gasteiger partial charge < -0.3 is 12.2 Å². The molecule has 0 aliphatic rings. The summed E-state index contributed by atoms with van der Waals surface area (Å²) in [5, 5.41) is 0.216. The molecule has 2 nitrogen and oxygen atoms in total. The maximum absolute atomic E-state index is 5.60. The van der Waals surface area contributed by atoms with Crippen LogP contribution in [0.1, 0.15) is 0 Å². The molecule has 0 aliphatic heterocycles. The SMILES string of the molecule is S=P([S-])(c1ccccc1)c1ccccc1.[NH3+]Nc1ccccc1. The average molecular weight is 358 g/mol. The van der Waals surface area contributed by atoms with Gasteiger partial charge in [-0.05, 0) is 22.7 Å². The molecular weight excluding hydrogens is 339 g/mol. The zero-order valence-corrected chi connectivity index (χ0v) is 15.2. The molecule has 0 aromatic heterocycles. The molecule has 0 atom stereocenters. The van der Waals surface area contributed by atoms with Crippen molar-refractivity contribution in [3.8, 4) is 0 Å². The first-order chi connectivity index (χ1) is 11.1. The van der Waals surface area contributed by atoms with Gasteiger partial charge in [0.2, 0.25) is 0 Å². The van der Waals surface area contributed by atoms with Crippen LogP contribution in [0.15, 0.2) is 91.0 Å².